The van der Waals surface area contributed by atoms with Gasteiger partial charge in [0.25, 0.3) is 0 Å². The smallest absolute Gasteiger partial charge is 0.320 e. The normalized spacial score (nSPS) is 11.9. The lowest BCUT2D eigenvalue weighted by Crippen LogP contribution is -2.38. The van der Waals surface area contributed by atoms with Gasteiger partial charge >= 0.3 is 17.9 Å². The van der Waals surface area contributed by atoms with Crippen LogP contribution in [-0.2, 0) is 57.6 Å². The fourth-order valence-electron chi connectivity index (χ4n) is 6.42. The van der Waals surface area contributed by atoms with Crippen molar-refractivity contribution in [3.8, 4) is 0 Å². The van der Waals surface area contributed by atoms with Crippen molar-refractivity contribution in [2.45, 2.75) is 187 Å². The Morgan fingerprint density at radius 1 is 0.431 bits per heavy atom. The molecular weight excluding hydrogens is 746 g/mol. The van der Waals surface area contributed by atoms with Gasteiger partial charge in [0.15, 0.2) is 0 Å². The third-order valence-corrected chi connectivity index (χ3v) is 9.94. The Balaban J connectivity index is 4.80. The first-order valence-corrected chi connectivity index (χ1v) is 23.2. The predicted molar refractivity (Wildman–Crippen MR) is 227 cm³/mol. The van der Waals surface area contributed by atoms with Crippen LogP contribution < -0.4 is 0 Å². The highest BCUT2D eigenvalue weighted by Gasteiger charge is 2.18. The average molecular weight is 834 g/mol. The van der Waals surface area contributed by atoms with Gasteiger partial charge in [-0.15, -0.1) is 0 Å². The first-order valence-electron chi connectivity index (χ1n) is 23.2. The molecule has 0 fully saturated rings. The summed E-state index contributed by atoms with van der Waals surface area (Å²) >= 11 is 0. The molecule has 13 heteroatoms. The molecule has 0 aliphatic heterocycles. The molecule has 0 bridgehead atoms. The molecule has 0 saturated carbocycles. The second kappa shape index (κ2) is 46.2. The van der Waals surface area contributed by atoms with Gasteiger partial charge in [0.05, 0.1) is 53.4 Å². The van der Waals surface area contributed by atoms with E-state index < -0.39 is 17.9 Å². The van der Waals surface area contributed by atoms with E-state index in [2.05, 4.69) is 23.6 Å². The van der Waals surface area contributed by atoms with E-state index in [1.54, 1.807) is 4.90 Å². The summed E-state index contributed by atoms with van der Waals surface area (Å²) in [6.07, 6.45) is 30.4. The van der Waals surface area contributed by atoms with E-state index in [-0.39, 0.29) is 71.6 Å². The first-order chi connectivity index (χ1) is 28.5. The van der Waals surface area contributed by atoms with Crippen molar-refractivity contribution in [1.82, 2.24) is 4.90 Å². The Morgan fingerprint density at radius 3 is 1.24 bits per heavy atom. The molecule has 0 saturated heterocycles. The maximum absolute atomic E-state index is 13.1. The number of hydrogen-bond acceptors (Lipinski definition) is 13. The second-order valence-corrected chi connectivity index (χ2v) is 15.2. The van der Waals surface area contributed by atoms with E-state index in [4.69, 9.17) is 33.5 Å². The molecule has 0 rings (SSSR count). The van der Waals surface area contributed by atoms with Crippen LogP contribution in [0.15, 0.2) is 0 Å². The molecule has 0 spiro atoms. The lowest BCUT2D eigenvalue weighted by atomic mass is 10.1. The van der Waals surface area contributed by atoms with Crippen LogP contribution in [0.2, 0.25) is 0 Å². The third kappa shape index (κ3) is 42.3. The van der Waals surface area contributed by atoms with Gasteiger partial charge in [-0.3, -0.25) is 19.3 Å². The molecule has 0 N–H and O–H groups in total. The summed E-state index contributed by atoms with van der Waals surface area (Å²) in [5, 5.41) is 0. The summed E-state index contributed by atoms with van der Waals surface area (Å²) in [7, 11) is 2.73. The van der Waals surface area contributed by atoms with Gasteiger partial charge < -0.3 is 23.7 Å². The number of nitrogens with zero attached hydrogens (tertiary/aromatic N) is 1. The monoisotopic (exact) mass is 834 g/mol. The number of unbranched alkanes of at least 4 members (excludes halogenated alkanes) is 22. The minimum atomic E-state index is -0.459. The Morgan fingerprint density at radius 2 is 0.828 bits per heavy atom. The number of carbonyl (C=O) groups excluding carboxylic acids is 3. The molecule has 0 aliphatic rings. The zero-order chi connectivity index (χ0) is 42.4. The standard InChI is InChI=1S/C45H87NO12/c1-5-7-9-11-13-15-17-19-21-23-25-27-33-52-40-42(53-34-28-26-24-22-20-18-16-14-12-10-8-6-2)41-56-45(49)39-46(31-37-54-43(47)29-35-57-50-3)32-38-55-44(48)30-36-58-51-4/h42H,5-41H2,1-4H3. The van der Waals surface area contributed by atoms with E-state index in [9.17, 15) is 14.4 Å². The van der Waals surface area contributed by atoms with Crippen molar-refractivity contribution in [3.05, 3.63) is 0 Å². The Bertz CT molecular complexity index is 868. The summed E-state index contributed by atoms with van der Waals surface area (Å²) in [4.78, 5) is 57.3. The Hall–Kier alpha value is -1.87. The maximum atomic E-state index is 13.1. The van der Waals surface area contributed by atoms with Gasteiger partial charge in [0.2, 0.25) is 0 Å². The molecule has 0 aromatic carbocycles. The highest BCUT2D eigenvalue weighted by Crippen LogP contribution is 2.14. The van der Waals surface area contributed by atoms with Crippen LogP contribution in [0.4, 0.5) is 0 Å². The number of ether oxygens (including phenoxy) is 5. The molecule has 0 heterocycles. The summed E-state index contributed by atoms with van der Waals surface area (Å²) in [6.45, 7) is 6.80. The summed E-state index contributed by atoms with van der Waals surface area (Å²) in [5.74, 6) is -1.37. The maximum Gasteiger partial charge on any atom is 0.320 e. The number of rotatable bonds is 47. The van der Waals surface area contributed by atoms with E-state index in [1.807, 2.05) is 0 Å². The van der Waals surface area contributed by atoms with Crippen LogP contribution in [0.1, 0.15) is 181 Å². The lowest BCUT2D eigenvalue weighted by molar-refractivity contribution is -0.272. The topological polar surface area (TPSA) is 138 Å². The van der Waals surface area contributed by atoms with Crippen molar-refractivity contribution in [1.29, 1.82) is 0 Å². The zero-order valence-electron chi connectivity index (χ0n) is 37.6. The number of carbonyl (C=O) groups is 3. The number of hydrogen-bond donors (Lipinski definition) is 0. The first kappa shape index (κ1) is 56.1. The quantitative estimate of drug-likeness (QED) is 0.0189. The third-order valence-electron chi connectivity index (χ3n) is 9.94. The van der Waals surface area contributed by atoms with Crippen molar-refractivity contribution < 1.29 is 57.6 Å². The zero-order valence-corrected chi connectivity index (χ0v) is 37.6. The minimum Gasteiger partial charge on any atom is -0.464 e. The molecule has 13 nitrogen and oxygen atoms in total. The Kier molecular flexibility index (Phi) is 44.7. The highest BCUT2D eigenvalue weighted by molar-refractivity contribution is 5.72. The molecule has 0 aliphatic carbocycles. The van der Waals surface area contributed by atoms with Gasteiger partial charge in [-0.05, 0) is 12.8 Å². The van der Waals surface area contributed by atoms with Crippen LogP contribution in [0.25, 0.3) is 0 Å². The summed E-state index contributed by atoms with van der Waals surface area (Å²) in [5.41, 5.74) is 0. The second-order valence-electron chi connectivity index (χ2n) is 15.2. The summed E-state index contributed by atoms with van der Waals surface area (Å²) in [6, 6.07) is 0. The number of esters is 3. The van der Waals surface area contributed by atoms with Crippen molar-refractivity contribution in [2.75, 3.05) is 86.7 Å². The fourth-order valence-corrected chi connectivity index (χ4v) is 6.42. The molecule has 0 aromatic rings. The van der Waals surface area contributed by atoms with E-state index in [0.717, 1.165) is 25.7 Å². The van der Waals surface area contributed by atoms with Crippen molar-refractivity contribution in [2.24, 2.45) is 0 Å². The fraction of sp³-hybridized carbons (Fsp3) is 0.933. The minimum absolute atomic E-state index is 0.0268. The van der Waals surface area contributed by atoms with Gasteiger partial charge in [0.1, 0.15) is 25.9 Å². The van der Waals surface area contributed by atoms with Gasteiger partial charge in [0, 0.05) is 26.3 Å². The van der Waals surface area contributed by atoms with Crippen LogP contribution in [0, 0.1) is 0 Å². The van der Waals surface area contributed by atoms with Crippen LogP contribution in [0.3, 0.4) is 0 Å². The van der Waals surface area contributed by atoms with Gasteiger partial charge in [-0.25, -0.2) is 19.6 Å². The molecule has 58 heavy (non-hydrogen) atoms. The molecular formula is C45H87NO12. The molecule has 0 amide bonds. The van der Waals surface area contributed by atoms with E-state index >= 15 is 0 Å². The van der Waals surface area contributed by atoms with E-state index in [1.165, 1.54) is 143 Å². The molecule has 0 radical (unpaired) electrons. The Labute approximate surface area is 353 Å². The van der Waals surface area contributed by atoms with Crippen molar-refractivity contribution in [3.63, 3.8) is 0 Å². The molecule has 0 aromatic heterocycles. The highest BCUT2D eigenvalue weighted by atomic mass is 17.2. The molecule has 1 unspecified atom stereocenters. The molecule has 344 valence electrons. The SMILES string of the molecule is CCCCCCCCCCCCCCOCC(COC(=O)CN(CCOC(=O)CCOOC)CCOC(=O)CCOOC)OCCCCCCCCCCCCCC. The summed E-state index contributed by atoms with van der Waals surface area (Å²) < 4.78 is 28.5. The average Bonchev–Trinajstić information content (AvgIpc) is 3.21. The lowest BCUT2D eigenvalue weighted by Gasteiger charge is -2.22. The van der Waals surface area contributed by atoms with Gasteiger partial charge in [-0.1, -0.05) is 155 Å². The van der Waals surface area contributed by atoms with E-state index in [0.29, 0.717) is 19.8 Å². The van der Waals surface area contributed by atoms with Crippen LogP contribution >= 0.6 is 0 Å². The van der Waals surface area contributed by atoms with Crippen LogP contribution in [0.5, 0.6) is 0 Å². The predicted octanol–water partition coefficient (Wildman–Crippen LogP) is 9.66. The van der Waals surface area contributed by atoms with Crippen molar-refractivity contribution >= 4 is 17.9 Å². The largest absolute Gasteiger partial charge is 0.464 e. The van der Waals surface area contributed by atoms with Crippen LogP contribution in [-0.4, -0.2) is 116 Å². The van der Waals surface area contributed by atoms with Gasteiger partial charge in [-0.2, -0.15) is 0 Å². The molecule has 1 atom stereocenters.